The molecule has 1 aliphatic carbocycles. The van der Waals surface area contributed by atoms with Gasteiger partial charge in [-0.2, -0.15) is 0 Å². The minimum Gasteiger partial charge on any atom is -0.462 e. The molecular weight excluding hydrogens is 190 g/mol. The van der Waals surface area contributed by atoms with Crippen LogP contribution in [0.15, 0.2) is 0 Å². The molecular formula is C12H21NO2. The largest absolute Gasteiger partial charge is 0.462 e. The highest BCUT2D eigenvalue weighted by Gasteiger charge is 2.31. The van der Waals surface area contributed by atoms with E-state index in [0.717, 1.165) is 31.8 Å². The molecule has 0 amide bonds. The Balaban J connectivity index is 1.77. The Morgan fingerprint density at radius 1 is 1.20 bits per heavy atom. The normalized spacial score (nSPS) is 37.1. The van der Waals surface area contributed by atoms with Gasteiger partial charge in [-0.05, 0) is 31.1 Å². The second kappa shape index (κ2) is 4.52. The lowest BCUT2D eigenvalue weighted by molar-refractivity contribution is -0.158. The van der Waals surface area contributed by atoms with Crippen LogP contribution in [0, 0.1) is 17.8 Å². The summed E-state index contributed by atoms with van der Waals surface area (Å²) in [7, 11) is 0. The van der Waals surface area contributed by atoms with Crippen LogP contribution in [0.1, 0.15) is 33.1 Å². The maximum Gasteiger partial charge on any atom is 0.311 e. The van der Waals surface area contributed by atoms with Gasteiger partial charge in [0, 0.05) is 13.1 Å². The van der Waals surface area contributed by atoms with Crippen molar-refractivity contribution in [1.82, 2.24) is 5.32 Å². The number of hydrogen-bond acceptors (Lipinski definition) is 3. The molecule has 86 valence electrons. The second-order valence-electron chi connectivity index (χ2n) is 5.18. The molecule has 0 bridgehead atoms. The van der Waals surface area contributed by atoms with Crippen LogP contribution in [0.25, 0.3) is 0 Å². The average Bonchev–Trinajstić information content (AvgIpc) is 2.08. The third kappa shape index (κ3) is 2.51. The fraction of sp³-hybridized carbons (Fsp3) is 0.917. The van der Waals surface area contributed by atoms with Gasteiger partial charge >= 0.3 is 5.97 Å². The average molecular weight is 211 g/mol. The summed E-state index contributed by atoms with van der Waals surface area (Å²) in [6.45, 7) is 6.16. The summed E-state index contributed by atoms with van der Waals surface area (Å²) >= 11 is 0. The highest BCUT2D eigenvalue weighted by atomic mass is 16.5. The van der Waals surface area contributed by atoms with E-state index >= 15 is 0 Å². The highest BCUT2D eigenvalue weighted by molar-refractivity contribution is 5.74. The molecule has 1 N–H and O–H groups in total. The number of nitrogens with one attached hydrogen (secondary N) is 1. The van der Waals surface area contributed by atoms with E-state index < -0.39 is 0 Å². The van der Waals surface area contributed by atoms with Gasteiger partial charge in [0.25, 0.3) is 0 Å². The van der Waals surface area contributed by atoms with E-state index in [0.29, 0.717) is 5.92 Å². The minimum atomic E-state index is 0.0144. The highest BCUT2D eigenvalue weighted by Crippen LogP contribution is 2.31. The summed E-state index contributed by atoms with van der Waals surface area (Å²) in [5.41, 5.74) is 0. The molecule has 3 unspecified atom stereocenters. The number of carbonyl (C=O) groups excluding carboxylic acids is 1. The van der Waals surface area contributed by atoms with Crippen molar-refractivity contribution in [2.75, 3.05) is 13.1 Å². The van der Waals surface area contributed by atoms with E-state index in [1.165, 1.54) is 6.42 Å². The molecule has 0 aromatic heterocycles. The van der Waals surface area contributed by atoms with E-state index in [1.807, 2.05) is 0 Å². The lowest BCUT2D eigenvalue weighted by Crippen LogP contribution is -2.48. The fourth-order valence-electron chi connectivity index (χ4n) is 2.32. The van der Waals surface area contributed by atoms with Crippen LogP contribution in [-0.2, 0) is 9.53 Å². The quantitative estimate of drug-likeness (QED) is 0.705. The third-order valence-electron chi connectivity index (χ3n) is 3.95. The number of esters is 1. The zero-order valence-electron chi connectivity index (χ0n) is 9.66. The Kier molecular flexibility index (Phi) is 3.29. The summed E-state index contributed by atoms with van der Waals surface area (Å²) in [6, 6.07) is 0. The Labute approximate surface area is 91.6 Å². The molecule has 2 fully saturated rings. The van der Waals surface area contributed by atoms with Crippen LogP contribution < -0.4 is 5.32 Å². The van der Waals surface area contributed by atoms with E-state index in [2.05, 4.69) is 19.2 Å². The summed E-state index contributed by atoms with van der Waals surface area (Å²) in [5.74, 6) is 1.61. The van der Waals surface area contributed by atoms with Gasteiger partial charge in [0.15, 0.2) is 0 Å². The maximum atomic E-state index is 11.6. The SMILES string of the molecule is CC1CCC(OC(=O)C2CNC2)CC1C. The van der Waals surface area contributed by atoms with Crippen molar-refractivity contribution < 1.29 is 9.53 Å². The first-order valence-electron chi connectivity index (χ1n) is 6.08. The van der Waals surface area contributed by atoms with E-state index in [-0.39, 0.29) is 18.0 Å². The Morgan fingerprint density at radius 2 is 1.93 bits per heavy atom. The molecule has 0 aromatic carbocycles. The predicted octanol–water partition coefficient (Wildman–Crippen LogP) is 1.57. The third-order valence-corrected chi connectivity index (χ3v) is 3.95. The molecule has 1 saturated carbocycles. The topological polar surface area (TPSA) is 38.3 Å². The van der Waals surface area contributed by atoms with E-state index in [1.54, 1.807) is 0 Å². The second-order valence-corrected chi connectivity index (χ2v) is 5.18. The molecule has 3 heteroatoms. The van der Waals surface area contributed by atoms with E-state index in [4.69, 9.17) is 4.74 Å². The van der Waals surface area contributed by atoms with Crippen molar-refractivity contribution in [3.8, 4) is 0 Å². The number of hydrogen-bond donors (Lipinski definition) is 1. The molecule has 1 heterocycles. The van der Waals surface area contributed by atoms with Crippen molar-refractivity contribution in [2.24, 2.45) is 17.8 Å². The zero-order valence-corrected chi connectivity index (χ0v) is 9.66. The van der Waals surface area contributed by atoms with Gasteiger partial charge in [0.2, 0.25) is 0 Å². The van der Waals surface area contributed by atoms with Crippen LogP contribution >= 0.6 is 0 Å². The number of carbonyl (C=O) groups is 1. The van der Waals surface area contributed by atoms with Crippen molar-refractivity contribution in [3.63, 3.8) is 0 Å². The lowest BCUT2D eigenvalue weighted by atomic mass is 9.80. The van der Waals surface area contributed by atoms with Crippen molar-refractivity contribution in [3.05, 3.63) is 0 Å². The van der Waals surface area contributed by atoms with Gasteiger partial charge in [0.05, 0.1) is 5.92 Å². The van der Waals surface area contributed by atoms with Gasteiger partial charge in [-0.3, -0.25) is 4.79 Å². The van der Waals surface area contributed by atoms with Gasteiger partial charge in [-0.1, -0.05) is 13.8 Å². The monoisotopic (exact) mass is 211 g/mol. The van der Waals surface area contributed by atoms with E-state index in [9.17, 15) is 4.79 Å². The summed E-state index contributed by atoms with van der Waals surface area (Å²) in [5, 5.41) is 3.09. The molecule has 3 atom stereocenters. The summed E-state index contributed by atoms with van der Waals surface area (Å²) in [6.07, 6.45) is 3.48. The molecule has 15 heavy (non-hydrogen) atoms. The van der Waals surface area contributed by atoms with Gasteiger partial charge in [-0.15, -0.1) is 0 Å². The molecule has 0 aromatic rings. The van der Waals surface area contributed by atoms with Crippen LogP contribution in [0.4, 0.5) is 0 Å². The van der Waals surface area contributed by atoms with Gasteiger partial charge in [0.1, 0.15) is 6.10 Å². The molecule has 1 saturated heterocycles. The molecule has 2 rings (SSSR count). The number of rotatable bonds is 2. The number of ether oxygens (including phenoxy) is 1. The zero-order chi connectivity index (χ0) is 10.8. The van der Waals surface area contributed by atoms with Crippen LogP contribution in [0.2, 0.25) is 0 Å². The van der Waals surface area contributed by atoms with Crippen molar-refractivity contribution >= 4 is 5.97 Å². The molecule has 3 nitrogen and oxygen atoms in total. The van der Waals surface area contributed by atoms with Gasteiger partial charge in [-0.25, -0.2) is 0 Å². The van der Waals surface area contributed by atoms with Crippen molar-refractivity contribution in [1.29, 1.82) is 0 Å². The molecule has 2 aliphatic rings. The summed E-state index contributed by atoms with van der Waals surface area (Å²) in [4.78, 5) is 11.6. The first-order valence-corrected chi connectivity index (χ1v) is 6.08. The Morgan fingerprint density at radius 3 is 2.47 bits per heavy atom. The minimum absolute atomic E-state index is 0.0144. The van der Waals surface area contributed by atoms with Crippen LogP contribution in [0.5, 0.6) is 0 Å². The molecule has 0 spiro atoms. The Hall–Kier alpha value is -0.570. The first kappa shape index (κ1) is 10.9. The van der Waals surface area contributed by atoms with Crippen LogP contribution in [-0.4, -0.2) is 25.2 Å². The predicted molar refractivity (Wildman–Crippen MR) is 58.4 cm³/mol. The molecule has 0 radical (unpaired) electrons. The standard InChI is InChI=1S/C12H21NO2/c1-8-3-4-11(5-9(8)2)15-12(14)10-6-13-7-10/h8-11,13H,3-7H2,1-2H3. The van der Waals surface area contributed by atoms with Crippen LogP contribution in [0.3, 0.4) is 0 Å². The maximum absolute atomic E-state index is 11.6. The smallest absolute Gasteiger partial charge is 0.311 e. The first-order chi connectivity index (χ1) is 7.16. The fourth-order valence-corrected chi connectivity index (χ4v) is 2.32. The lowest BCUT2D eigenvalue weighted by Gasteiger charge is -2.33. The molecule has 1 aliphatic heterocycles. The van der Waals surface area contributed by atoms with Gasteiger partial charge < -0.3 is 10.1 Å². The summed E-state index contributed by atoms with van der Waals surface area (Å²) < 4.78 is 5.54. The Bertz CT molecular complexity index is 238. The van der Waals surface area contributed by atoms with Crippen molar-refractivity contribution in [2.45, 2.75) is 39.2 Å².